The Morgan fingerprint density at radius 1 is 1.08 bits per heavy atom. The first-order valence-corrected chi connectivity index (χ1v) is 5.93. The van der Waals surface area contributed by atoms with Crippen LogP contribution in [-0.4, -0.2) is 25.0 Å². The Morgan fingerprint density at radius 2 is 1.54 bits per heavy atom. The van der Waals surface area contributed by atoms with Gasteiger partial charge in [-0.3, -0.25) is 0 Å². The lowest BCUT2D eigenvalue weighted by atomic mass is 9.93. The van der Waals surface area contributed by atoms with Crippen LogP contribution in [0.15, 0.2) is 0 Å². The quantitative estimate of drug-likeness (QED) is 0.636. The largest absolute Gasteiger partial charge is 0.306 e. The van der Waals surface area contributed by atoms with Crippen LogP contribution in [0.5, 0.6) is 0 Å². The van der Waals surface area contributed by atoms with Crippen LogP contribution in [-0.2, 0) is 0 Å². The van der Waals surface area contributed by atoms with Crippen molar-refractivity contribution in [2.75, 3.05) is 20.1 Å². The van der Waals surface area contributed by atoms with Crippen molar-refractivity contribution in [1.29, 1.82) is 0 Å². The predicted molar refractivity (Wildman–Crippen MR) is 61.1 cm³/mol. The molecule has 0 radical (unpaired) electrons. The molecule has 80 valence electrons. The molecule has 0 saturated carbocycles. The molecule has 1 aliphatic rings. The molecule has 0 aliphatic carbocycles. The van der Waals surface area contributed by atoms with Crippen molar-refractivity contribution < 1.29 is 0 Å². The molecule has 0 amide bonds. The molecule has 1 rings (SSSR count). The van der Waals surface area contributed by atoms with E-state index in [0.717, 1.165) is 5.92 Å². The van der Waals surface area contributed by atoms with E-state index < -0.39 is 0 Å². The summed E-state index contributed by atoms with van der Waals surface area (Å²) in [5.41, 5.74) is 0. The van der Waals surface area contributed by atoms with Gasteiger partial charge >= 0.3 is 0 Å². The van der Waals surface area contributed by atoms with Crippen molar-refractivity contribution in [2.24, 2.45) is 5.92 Å². The van der Waals surface area contributed by atoms with Crippen LogP contribution in [0.4, 0.5) is 0 Å². The Labute approximate surface area is 84.5 Å². The molecular formula is C12H27N. The molecule has 1 aliphatic heterocycles. The molecule has 0 N–H and O–H groups in total. The third-order valence-corrected chi connectivity index (χ3v) is 2.54. The van der Waals surface area contributed by atoms with Crippen LogP contribution in [0, 0.1) is 5.92 Å². The van der Waals surface area contributed by atoms with Gasteiger partial charge in [-0.05, 0) is 38.9 Å². The molecule has 1 nitrogen and oxygen atoms in total. The minimum atomic E-state index is 1.04. The molecular weight excluding hydrogens is 158 g/mol. The fourth-order valence-electron chi connectivity index (χ4n) is 1.76. The van der Waals surface area contributed by atoms with Gasteiger partial charge in [0.1, 0.15) is 0 Å². The third kappa shape index (κ3) is 7.06. The number of nitrogens with zero attached hydrogens (tertiary/aromatic N) is 1. The standard InChI is InChI=1S/C9H19N.C3H8/c1-3-4-9-5-7-10(2)8-6-9;1-3-2/h9H,3-8H2,1-2H3;3H2,1-2H3. The number of hydrogen-bond acceptors (Lipinski definition) is 1. The highest BCUT2D eigenvalue weighted by Gasteiger charge is 2.14. The van der Waals surface area contributed by atoms with Crippen LogP contribution < -0.4 is 0 Å². The van der Waals surface area contributed by atoms with Gasteiger partial charge in [0.25, 0.3) is 0 Å². The lowest BCUT2D eigenvalue weighted by Crippen LogP contribution is -2.29. The monoisotopic (exact) mass is 185 g/mol. The molecule has 0 atom stereocenters. The second-order valence-corrected chi connectivity index (χ2v) is 4.24. The van der Waals surface area contributed by atoms with E-state index in [4.69, 9.17) is 0 Å². The highest BCUT2D eigenvalue weighted by atomic mass is 15.1. The summed E-state index contributed by atoms with van der Waals surface area (Å²) in [4.78, 5) is 2.44. The summed E-state index contributed by atoms with van der Waals surface area (Å²) in [6.07, 6.45) is 6.94. The minimum Gasteiger partial charge on any atom is -0.306 e. The summed E-state index contributed by atoms with van der Waals surface area (Å²) in [7, 11) is 2.22. The van der Waals surface area contributed by atoms with Gasteiger partial charge < -0.3 is 4.90 Å². The molecule has 0 spiro atoms. The predicted octanol–water partition coefficient (Wildman–Crippen LogP) is 3.54. The topological polar surface area (TPSA) is 3.24 Å². The van der Waals surface area contributed by atoms with Gasteiger partial charge in [0, 0.05) is 0 Å². The maximum atomic E-state index is 2.44. The maximum absolute atomic E-state index is 2.44. The van der Waals surface area contributed by atoms with Gasteiger partial charge in [0.05, 0.1) is 0 Å². The molecule has 0 aromatic rings. The first kappa shape index (κ1) is 13.0. The third-order valence-electron chi connectivity index (χ3n) is 2.54. The number of piperidine rings is 1. The zero-order valence-corrected chi connectivity index (χ0v) is 9.97. The fraction of sp³-hybridized carbons (Fsp3) is 1.00. The summed E-state index contributed by atoms with van der Waals surface area (Å²) in [5, 5.41) is 0. The molecule has 0 bridgehead atoms. The van der Waals surface area contributed by atoms with Gasteiger partial charge in [-0.2, -0.15) is 0 Å². The number of likely N-dealkylation sites (tertiary alicyclic amines) is 1. The lowest BCUT2D eigenvalue weighted by Gasteiger charge is -2.28. The molecule has 1 heterocycles. The van der Waals surface area contributed by atoms with Gasteiger partial charge in [0.15, 0.2) is 0 Å². The summed E-state index contributed by atoms with van der Waals surface area (Å²) < 4.78 is 0. The highest BCUT2D eigenvalue weighted by molar-refractivity contribution is 4.68. The maximum Gasteiger partial charge on any atom is -0.00191 e. The van der Waals surface area contributed by atoms with Crippen LogP contribution in [0.1, 0.15) is 52.9 Å². The molecule has 0 aromatic heterocycles. The van der Waals surface area contributed by atoms with Crippen molar-refractivity contribution >= 4 is 0 Å². The van der Waals surface area contributed by atoms with Gasteiger partial charge in [-0.15, -0.1) is 0 Å². The van der Waals surface area contributed by atoms with Crippen molar-refractivity contribution in [3.05, 3.63) is 0 Å². The van der Waals surface area contributed by atoms with Crippen LogP contribution in [0.2, 0.25) is 0 Å². The first-order valence-electron chi connectivity index (χ1n) is 5.93. The Hall–Kier alpha value is -0.0400. The molecule has 1 saturated heterocycles. The van der Waals surface area contributed by atoms with E-state index >= 15 is 0 Å². The van der Waals surface area contributed by atoms with E-state index in [1.807, 2.05) is 0 Å². The summed E-state index contributed by atoms with van der Waals surface area (Å²) >= 11 is 0. The normalized spacial score (nSPS) is 19.4. The zero-order valence-electron chi connectivity index (χ0n) is 9.97. The highest BCUT2D eigenvalue weighted by Crippen LogP contribution is 2.20. The van der Waals surface area contributed by atoms with Crippen molar-refractivity contribution in [3.63, 3.8) is 0 Å². The minimum absolute atomic E-state index is 1.04. The number of rotatable bonds is 2. The molecule has 13 heavy (non-hydrogen) atoms. The van der Waals surface area contributed by atoms with E-state index in [2.05, 4.69) is 32.7 Å². The van der Waals surface area contributed by atoms with Crippen molar-refractivity contribution in [1.82, 2.24) is 4.90 Å². The van der Waals surface area contributed by atoms with Gasteiger partial charge in [-0.1, -0.05) is 40.0 Å². The molecule has 0 unspecified atom stereocenters. The SMILES string of the molecule is CCC.CCCC1CCN(C)CC1. The van der Waals surface area contributed by atoms with Crippen LogP contribution in [0.25, 0.3) is 0 Å². The van der Waals surface area contributed by atoms with Gasteiger partial charge in [-0.25, -0.2) is 0 Å². The summed E-state index contributed by atoms with van der Waals surface area (Å²) in [6, 6.07) is 0. The summed E-state index contributed by atoms with van der Waals surface area (Å²) in [6.45, 7) is 9.19. The van der Waals surface area contributed by atoms with Crippen LogP contribution in [0.3, 0.4) is 0 Å². The number of hydrogen-bond donors (Lipinski definition) is 0. The summed E-state index contributed by atoms with van der Waals surface area (Å²) in [5.74, 6) is 1.04. The smallest absolute Gasteiger partial charge is 0.00191 e. The first-order chi connectivity index (χ1) is 6.24. The van der Waals surface area contributed by atoms with E-state index in [1.54, 1.807) is 0 Å². The Balaban J connectivity index is 0.000000424. The Kier molecular flexibility index (Phi) is 8.53. The van der Waals surface area contributed by atoms with E-state index in [9.17, 15) is 0 Å². The van der Waals surface area contributed by atoms with Crippen molar-refractivity contribution in [2.45, 2.75) is 52.9 Å². The molecule has 0 aromatic carbocycles. The lowest BCUT2D eigenvalue weighted by molar-refractivity contribution is 0.211. The van der Waals surface area contributed by atoms with E-state index in [1.165, 1.54) is 45.2 Å². The zero-order chi connectivity index (χ0) is 10.1. The molecule has 1 fully saturated rings. The second kappa shape index (κ2) is 8.55. The molecule has 1 heteroatoms. The van der Waals surface area contributed by atoms with E-state index in [0.29, 0.717) is 0 Å². The fourth-order valence-corrected chi connectivity index (χ4v) is 1.76. The Bertz CT molecular complexity index is 93.3. The van der Waals surface area contributed by atoms with Gasteiger partial charge in [0.2, 0.25) is 0 Å². The average molecular weight is 185 g/mol. The average Bonchev–Trinajstić information content (AvgIpc) is 2.11. The second-order valence-electron chi connectivity index (χ2n) is 4.24. The van der Waals surface area contributed by atoms with E-state index in [-0.39, 0.29) is 0 Å². The van der Waals surface area contributed by atoms with Crippen molar-refractivity contribution in [3.8, 4) is 0 Å². The van der Waals surface area contributed by atoms with Crippen LogP contribution >= 0.6 is 0 Å². The Morgan fingerprint density at radius 3 is 1.92 bits per heavy atom.